The second-order valence-corrected chi connectivity index (χ2v) is 7.54. The van der Waals surface area contributed by atoms with Crippen molar-refractivity contribution in [1.82, 2.24) is 29.8 Å². The van der Waals surface area contributed by atoms with Gasteiger partial charge in [-0.15, -0.1) is 0 Å². The molecular weight excluding hydrogens is 394 g/mol. The van der Waals surface area contributed by atoms with Crippen LogP contribution < -0.4 is 10.6 Å². The van der Waals surface area contributed by atoms with Crippen molar-refractivity contribution in [2.75, 3.05) is 26.1 Å². The number of aryl methyl sites for hydroxylation is 1. The Hall–Kier alpha value is -3.46. The largest absolute Gasteiger partial charge is 0.385 e. The van der Waals surface area contributed by atoms with E-state index in [1.807, 2.05) is 36.9 Å². The lowest BCUT2D eigenvalue weighted by molar-refractivity contribution is -0.119. The molecule has 0 aliphatic carbocycles. The standard InChI is InChI=1S/C22H27N7O2/c1-13(30)25-15(9-6-10-31-4)16-7-5-8-17(26-16)18-11-14-20-19(24-12-29(20)3)22(23-2)28-21(14)27-18/h5,7-8,11-12,15H,6,9-10H2,1-4H3,(H,25,30)(H2,23,27,28)/t15-/m0/s1. The number of nitrogens with zero attached hydrogens (tertiary/aromatic N) is 4. The number of H-pyrrole nitrogens is 1. The third-order valence-corrected chi connectivity index (χ3v) is 5.30. The Balaban J connectivity index is 1.75. The Labute approximate surface area is 180 Å². The molecular formula is C22H27N7O2. The fourth-order valence-corrected chi connectivity index (χ4v) is 3.88. The van der Waals surface area contributed by atoms with E-state index in [4.69, 9.17) is 9.72 Å². The molecule has 0 aliphatic heterocycles. The maximum atomic E-state index is 11.7. The summed E-state index contributed by atoms with van der Waals surface area (Å²) < 4.78 is 7.15. The molecule has 1 amide bonds. The maximum Gasteiger partial charge on any atom is 0.217 e. The van der Waals surface area contributed by atoms with Crippen molar-refractivity contribution >= 4 is 33.8 Å². The summed E-state index contributed by atoms with van der Waals surface area (Å²) in [6, 6.07) is 7.73. The average molecular weight is 422 g/mol. The van der Waals surface area contributed by atoms with Crippen molar-refractivity contribution in [3.05, 3.63) is 36.3 Å². The number of fused-ring (bicyclic) bond motifs is 3. The van der Waals surface area contributed by atoms with Crippen molar-refractivity contribution in [2.24, 2.45) is 7.05 Å². The van der Waals surface area contributed by atoms with Gasteiger partial charge in [-0.05, 0) is 31.0 Å². The van der Waals surface area contributed by atoms with Crippen molar-refractivity contribution in [2.45, 2.75) is 25.8 Å². The highest BCUT2D eigenvalue weighted by atomic mass is 16.5. The highest BCUT2D eigenvalue weighted by Gasteiger charge is 2.18. The van der Waals surface area contributed by atoms with E-state index in [0.29, 0.717) is 6.61 Å². The molecule has 0 saturated heterocycles. The lowest BCUT2D eigenvalue weighted by Gasteiger charge is -2.18. The van der Waals surface area contributed by atoms with Crippen LogP contribution in [-0.4, -0.2) is 51.2 Å². The van der Waals surface area contributed by atoms with E-state index in [2.05, 4.69) is 31.7 Å². The number of hydrogen-bond acceptors (Lipinski definition) is 6. The molecule has 162 valence electrons. The van der Waals surface area contributed by atoms with E-state index < -0.39 is 0 Å². The minimum absolute atomic E-state index is 0.0809. The summed E-state index contributed by atoms with van der Waals surface area (Å²) in [6.45, 7) is 2.16. The second-order valence-electron chi connectivity index (χ2n) is 7.54. The molecule has 1 atom stereocenters. The fourth-order valence-electron chi connectivity index (χ4n) is 3.88. The van der Waals surface area contributed by atoms with Crippen LogP contribution in [0.3, 0.4) is 0 Å². The van der Waals surface area contributed by atoms with Crippen LogP contribution in [0.25, 0.3) is 33.5 Å². The maximum absolute atomic E-state index is 11.7. The molecule has 0 spiro atoms. The Bertz CT molecular complexity index is 1230. The molecule has 0 unspecified atom stereocenters. The SMILES string of the molecule is CNc1nc2[nH]c(-c3cccc([C@H](CCCOC)NC(C)=O)n3)cc2c2c1ncn2C. The van der Waals surface area contributed by atoms with Gasteiger partial charge in [-0.1, -0.05) is 6.07 Å². The van der Waals surface area contributed by atoms with E-state index in [9.17, 15) is 4.79 Å². The lowest BCUT2D eigenvalue weighted by Crippen LogP contribution is -2.27. The zero-order chi connectivity index (χ0) is 22.0. The number of imidazole rings is 1. The topological polar surface area (TPSA) is 110 Å². The minimum atomic E-state index is -0.172. The van der Waals surface area contributed by atoms with Crippen LogP contribution in [0.15, 0.2) is 30.6 Å². The number of methoxy groups -OCH3 is 1. The smallest absolute Gasteiger partial charge is 0.217 e. The molecule has 0 aliphatic rings. The number of rotatable bonds is 8. The summed E-state index contributed by atoms with van der Waals surface area (Å²) in [7, 11) is 5.48. The molecule has 0 fully saturated rings. The van der Waals surface area contributed by atoms with E-state index in [-0.39, 0.29) is 11.9 Å². The van der Waals surface area contributed by atoms with Gasteiger partial charge in [-0.25, -0.2) is 15.0 Å². The van der Waals surface area contributed by atoms with Gasteiger partial charge in [0.05, 0.1) is 35.0 Å². The number of ether oxygens (including phenoxy) is 1. The Morgan fingerprint density at radius 1 is 1.32 bits per heavy atom. The number of nitrogens with one attached hydrogen (secondary N) is 3. The first-order valence-corrected chi connectivity index (χ1v) is 10.3. The second kappa shape index (κ2) is 8.73. The van der Waals surface area contributed by atoms with Crippen LogP contribution >= 0.6 is 0 Å². The van der Waals surface area contributed by atoms with Gasteiger partial charge in [-0.3, -0.25) is 4.79 Å². The van der Waals surface area contributed by atoms with Crippen LogP contribution in [0.5, 0.6) is 0 Å². The zero-order valence-corrected chi connectivity index (χ0v) is 18.2. The minimum Gasteiger partial charge on any atom is -0.385 e. The van der Waals surface area contributed by atoms with Crippen LogP contribution in [0, 0.1) is 0 Å². The van der Waals surface area contributed by atoms with Gasteiger partial charge >= 0.3 is 0 Å². The third-order valence-electron chi connectivity index (χ3n) is 5.30. The number of aromatic amines is 1. The molecule has 4 aromatic rings. The summed E-state index contributed by atoms with van der Waals surface area (Å²) in [4.78, 5) is 29.1. The average Bonchev–Trinajstić information content (AvgIpc) is 3.36. The molecule has 9 nitrogen and oxygen atoms in total. The van der Waals surface area contributed by atoms with Gasteiger partial charge in [0.2, 0.25) is 5.91 Å². The number of pyridine rings is 2. The van der Waals surface area contributed by atoms with E-state index in [1.165, 1.54) is 6.92 Å². The predicted octanol–water partition coefficient (Wildman–Crippen LogP) is 3.16. The monoisotopic (exact) mass is 421 g/mol. The number of hydrogen-bond donors (Lipinski definition) is 3. The highest BCUT2D eigenvalue weighted by Crippen LogP contribution is 2.31. The summed E-state index contributed by atoms with van der Waals surface area (Å²) in [5.74, 6) is 0.643. The number of aromatic nitrogens is 5. The predicted molar refractivity (Wildman–Crippen MR) is 121 cm³/mol. The molecule has 4 rings (SSSR count). The number of carbonyl (C=O) groups is 1. The number of anilines is 1. The Morgan fingerprint density at radius 2 is 2.16 bits per heavy atom. The molecule has 9 heteroatoms. The molecule has 0 saturated carbocycles. The van der Waals surface area contributed by atoms with Crippen LogP contribution in [0.2, 0.25) is 0 Å². The summed E-state index contributed by atoms with van der Waals surface area (Å²) in [5, 5.41) is 7.10. The van der Waals surface area contributed by atoms with Crippen molar-refractivity contribution in [1.29, 1.82) is 0 Å². The van der Waals surface area contributed by atoms with Crippen molar-refractivity contribution < 1.29 is 9.53 Å². The van der Waals surface area contributed by atoms with Crippen LogP contribution in [0.4, 0.5) is 5.82 Å². The fraction of sp³-hybridized carbons (Fsp3) is 0.364. The molecule has 31 heavy (non-hydrogen) atoms. The van der Waals surface area contributed by atoms with Crippen molar-refractivity contribution in [3.63, 3.8) is 0 Å². The van der Waals surface area contributed by atoms with Crippen LogP contribution in [-0.2, 0) is 16.6 Å². The summed E-state index contributed by atoms with van der Waals surface area (Å²) in [6.07, 6.45) is 3.37. The Morgan fingerprint density at radius 3 is 2.90 bits per heavy atom. The van der Waals surface area contributed by atoms with Gasteiger partial charge in [0.1, 0.15) is 11.2 Å². The van der Waals surface area contributed by atoms with Gasteiger partial charge < -0.3 is 24.9 Å². The molecule has 0 aromatic carbocycles. The first-order valence-electron chi connectivity index (χ1n) is 10.3. The molecule has 0 radical (unpaired) electrons. The van der Waals surface area contributed by atoms with E-state index in [0.717, 1.165) is 57.8 Å². The van der Waals surface area contributed by atoms with Gasteiger partial charge in [-0.2, -0.15) is 0 Å². The lowest BCUT2D eigenvalue weighted by atomic mass is 10.1. The van der Waals surface area contributed by atoms with E-state index in [1.54, 1.807) is 13.4 Å². The summed E-state index contributed by atoms with van der Waals surface area (Å²) >= 11 is 0. The van der Waals surface area contributed by atoms with Crippen molar-refractivity contribution in [3.8, 4) is 11.4 Å². The van der Waals surface area contributed by atoms with Gasteiger partial charge in [0.25, 0.3) is 0 Å². The number of carbonyl (C=O) groups excluding carboxylic acids is 1. The Kier molecular flexibility index (Phi) is 5.85. The molecule has 4 heterocycles. The quantitative estimate of drug-likeness (QED) is 0.377. The van der Waals surface area contributed by atoms with Crippen LogP contribution in [0.1, 0.15) is 31.5 Å². The van der Waals surface area contributed by atoms with Gasteiger partial charge in [0, 0.05) is 40.1 Å². The zero-order valence-electron chi connectivity index (χ0n) is 18.2. The summed E-state index contributed by atoms with van der Waals surface area (Å²) in [5.41, 5.74) is 5.06. The molecule has 0 bridgehead atoms. The molecule has 3 N–H and O–H groups in total. The van der Waals surface area contributed by atoms with Gasteiger partial charge in [0.15, 0.2) is 5.82 Å². The highest BCUT2D eigenvalue weighted by molar-refractivity contribution is 6.07. The van der Waals surface area contributed by atoms with E-state index >= 15 is 0 Å². The number of amides is 1. The normalized spacial score (nSPS) is 12.4. The first kappa shape index (κ1) is 20.8. The third kappa shape index (κ3) is 4.09. The first-order chi connectivity index (χ1) is 15.0. The molecule has 4 aromatic heterocycles.